The molecule has 1 fully saturated rings. The second-order valence-electron chi connectivity index (χ2n) is 6.36. The molecule has 6 nitrogen and oxygen atoms in total. The number of carbonyl (C=O) groups is 2. The maximum Gasteiger partial charge on any atom is 0.252 e. The molecule has 1 aliphatic heterocycles. The smallest absolute Gasteiger partial charge is 0.252 e. The zero-order valence-electron chi connectivity index (χ0n) is 14.7. The number of amides is 2. The average molecular weight is 374 g/mol. The van der Waals surface area contributed by atoms with E-state index in [0.29, 0.717) is 49.5 Å². The minimum absolute atomic E-state index is 0.0458. The van der Waals surface area contributed by atoms with E-state index in [9.17, 15) is 18.4 Å². The Labute approximate surface area is 155 Å². The van der Waals surface area contributed by atoms with Crippen LogP contribution >= 0.6 is 0 Å². The lowest BCUT2D eigenvalue weighted by molar-refractivity contribution is -0.131. The van der Waals surface area contributed by atoms with Gasteiger partial charge in [0.05, 0.1) is 5.56 Å². The molecule has 1 saturated heterocycles. The number of primary amides is 1. The Kier molecular flexibility index (Phi) is 5.63. The van der Waals surface area contributed by atoms with E-state index in [1.807, 2.05) is 4.90 Å². The van der Waals surface area contributed by atoms with Gasteiger partial charge < -0.3 is 15.5 Å². The van der Waals surface area contributed by atoms with Gasteiger partial charge >= 0.3 is 0 Å². The van der Waals surface area contributed by atoms with Crippen LogP contribution in [0, 0.1) is 11.6 Å². The Morgan fingerprint density at radius 1 is 1.07 bits per heavy atom. The van der Waals surface area contributed by atoms with Crippen molar-refractivity contribution in [3.63, 3.8) is 0 Å². The molecule has 0 aliphatic carbocycles. The molecule has 0 spiro atoms. The highest BCUT2D eigenvalue weighted by molar-refractivity contribution is 5.97. The van der Waals surface area contributed by atoms with Crippen LogP contribution in [0.25, 0.3) is 0 Å². The lowest BCUT2D eigenvalue weighted by Crippen LogP contribution is -2.49. The van der Waals surface area contributed by atoms with Crippen LogP contribution in [0.15, 0.2) is 36.5 Å². The van der Waals surface area contributed by atoms with Crippen LogP contribution in [-0.2, 0) is 11.2 Å². The van der Waals surface area contributed by atoms with E-state index in [1.54, 1.807) is 23.2 Å². The van der Waals surface area contributed by atoms with Crippen LogP contribution in [0.3, 0.4) is 0 Å². The average Bonchev–Trinajstić information content (AvgIpc) is 2.68. The van der Waals surface area contributed by atoms with E-state index in [1.165, 1.54) is 6.07 Å². The van der Waals surface area contributed by atoms with Crippen molar-refractivity contribution in [2.45, 2.75) is 12.8 Å². The largest absolute Gasteiger partial charge is 0.365 e. The third-order valence-electron chi connectivity index (χ3n) is 4.60. The van der Waals surface area contributed by atoms with Crippen molar-refractivity contribution in [1.82, 2.24) is 9.88 Å². The Bertz CT molecular complexity index is 851. The number of piperazine rings is 1. The van der Waals surface area contributed by atoms with E-state index in [-0.39, 0.29) is 12.3 Å². The zero-order valence-corrected chi connectivity index (χ0v) is 14.7. The fourth-order valence-corrected chi connectivity index (χ4v) is 3.11. The number of nitrogens with two attached hydrogens (primary N) is 1. The summed E-state index contributed by atoms with van der Waals surface area (Å²) in [4.78, 5) is 31.8. The molecule has 0 saturated carbocycles. The number of benzene rings is 1. The summed E-state index contributed by atoms with van der Waals surface area (Å²) in [5, 5.41) is 0. The molecule has 0 atom stereocenters. The topological polar surface area (TPSA) is 79.5 Å². The monoisotopic (exact) mass is 374 g/mol. The highest BCUT2D eigenvalue weighted by Crippen LogP contribution is 2.19. The molecule has 2 amide bonds. The van der Waals surface area contributed by atoms with Crippen LogP contribution in [0.1, 0.15) is 22.3 Å². The van der Waals surface area contributed by atoms with Crippen molar-refractivity contribution in [3.05, 3.63) is 59.3 Å². The van der Waals surface area contributed by atoms with E-state index >= 15 is 0 Å². The van der Waals surface area contributed by atoms with Crippen LogP contribution in [-0.4, -0.2) is 47.9 Å². The highest BCUT2D eigenvalue weighted by Gasteiger charge is 2.24. The molecule has 2 aromatic rings. The maximum absolute atomic E-state index is 13.2. The summed E-state index contributed by atoms with van der Waals surface area (Å²) in [6.45, 7) is 2.05. The predicted molar refractivity (Wildman–Crippen MR) is 96.2 cm³/mol. The number of hydrogen-bond acceptors (Lipinski definition) is 4. The molecule has 2 N–H and O–H groups in total. The first-order valence-corrected chi connectivity index (χ1v) is 8.67. The van der Waals surface area contributed by atoms with Gasteiger partial charge in [0.15, 0.2) is 11.6 Å². The number of aryl methyl sites for hydroxylation is 1. The van der Waals surface area contributed by atoms with Gasteiger partial charge in [-0.25, -0.2) is 13.8 Å². The summed E-state index contributed by atoms with van der Waals surface area (Å²) in [7, 11) is 0. The minimum atomic E-state index is -0.908. The molecule has 0 bridgehead atoms. The van der Waals surface area contributed by atoms with Crippen LogP contribution in [0.2, 0.25) is 0 Å². The molecule has 1 aromatic heterocycles. The molecule has 27 heavy (non-hydrogen) atoms. The molecule has 1 aliphatic rings. The Balaban J connectivity index is 1.55. The second kappa shape index (κ2) is 8.11. The van der Waals surface area contributed by atoms with Crippen molar-refractivity contribution in [3.8, 4) is 0 Å². The van der Waals surface area contributed by atoms with Crippen LogP contribution in [0.5, 0.6) is 0 Å². The van der Waals surface area contributed by atoms with Gasteiger partial charge in [0.1, 0.15) is 5.82 Å². The van der Waals surface area contributed by atoms with Gasteiger partial charge in [-0.1, -0.05) is 6.07 Å². The fourth-order valence-electron chi connectivity index (χ4n) is 3.11. The minimum Gasteiger partial charge on any atom is -0.365 e. The van der Waals surface area contributed by atoms with Crippen molar-refractivity contribution in [2.24, 2.45) is 5.73 Å². The van der Waals surface area contributed by atoms with Gasteiger partial charge in [-0.3, -0.25) is 9.59 Å². The number of pyridine rings is 1. The molecule has 142 valence electrons. The SMILES string of the molecule is NC(=O)c1cccnc1N1CCN(C(=O)CCc2ccc(F)c(F)c2)CC1. The second-order valence-corrected chi connectivity index (χ2v) is 6.36. The van der Waals surface area contributed by atoms with Gasteiger partial charge in [0.25, 0.3) is 5.91 Å². The van der Waals surface area contributed by atoms with Crippen molar-refractivity contribution >= 4 is 17.6 Å². The summed E-state index contributed by atoms with van der Waals surface area (Å²) in [5.41, 5.74) is 6.33. The first-order chi connectivity index (χ1) is 13.0. The van der Waals surface area contributed by atoms with E-state index < -0.39 is 17.5 Å². The number of hydrogen-bond donors (Lipinski definition) is 1. The van der Waals surface area contributed by atoms with Crippen LogP contribution < -0.4 is 10.6 Å². The van der Waals surface area contributed by atoms with Gasteiger partial charge in [0.2, 0.25) is 5.91 Å². The predicted octanol–water partition coefficient (Wildman–Crippen LogP) is 1.74. The molecule has 1 aromatic carbocycles. The fraction of sp³-hybridized carbons (Fsp3) is 0.316. The van der Waals surface area contributed by atoms with Crippen molar-refractivity contribution in [2.75, 3.05) is 31.1 Å². The van der Waals surface area contributed by atoms with E-state index in [2.05, 4.69) is 4.98 Å². The summed E-state index contributed by atoms with van der Waals surface area (Å²) in [6.07, 6.45) is 2.17. The third-order valence-corrected chi connectivity index (χ3v) is 4.60. The van der Waals surface area contributed by atoms with Crippen LogP contribution in [0.4, 0.5) is 14.6 Å². The maximum atomic E-state index is 13.2. The molecule has 0 unspecified atom stereocenters. The summed E-state index contributed by atoms with van der Waals surface area (Å²) < 4.78 is 26.2. The molecule has 3 rings (SSSR count). The van der Waals surface area contributed by atoms with Gasteiger partial charge in [-0.15, -0.1) is 0 Å². The summed E-state index contributed by atoms with van der Waals surface area (Å²) in [5.74, 6) is -1.86. The number of halogens is 2. The zero-order chi connectivity index (χ0) is 19.4. The van der Waals surface area contributed by atoms with Crippen molar-refractivity contribution in [1.29, 1.82) is 0 Å². The number of aromatic nitrogens is 1. The van der Waals surface area contributed by atoms with E-state index in [4.69, 9.17) is 5.73 Å². The number of carbonyl (C=O) groups excluding carboxylic acids is 2. The first-order valence-electron chi connectivity index (χ1n) is 8.67. The Hall–Kier alpha value is -3.03. The number of anilines is 1. The third kappa shape index (κ3) is 4.39. The number of rotatable bonds is 5. The quantitative estimate of drug-likeness (QED) is 0.865. The lowest BCUT2D eigenvalue weighted by atomic mass is 10.1. The molecular formula is C19H20F2N4O2. The Morgan fingerprint density at radius 3 is 2.48 bits per heavy atom. The number of nitrogens with zero attached hydrogens (tertiary/aromatic N) is 3. The summed E-state index contributed by atoms with van der Waals surface area (Å²) in [6, 6.07) is 6.95. The molecule has 8 heteroatoms. The molecular weight excluding hydrogens is 354 g/mol. The lowest BCUT2D eigenvalue weighted by Gasteiger charge is -2.36. The standard InChI is InChI=1S/C19H20F2N4O2/c20-15-5-3-13(12-16(15)21)4-6-17(26)24-8-10-25(11-9-24)19-14(18(22)27)2-1-7-23-19/h1-3,5,7,12H,4,6,8-11H2,(H2,22,27). The summed E-state index contributed by atoms with van der Waals surface area (Å²) >= 11 is 0. The molecule has 2 heterocycles. The highest BCUT2D eigenvalue weighted by atomic mass is 19.2. The molecule has 0 radical (unpaired) electrons. The van der Waals surface area contributed by atoms with Gasteiger partial charge in [0, 0.05) is 38.8 Å². The van der Waals surface area contributed by atoms with Crippen molar-refractivity contribution < 1.29 is 18.4 Å². The van der Waals surface area contributed by atoms with E-state index in [0.717, 1.165) is 12.1 Å². The first kappa shape index (κ1) is 18.8. The Morgan fingerprint density at radius 2 is 1.81 bits per heavy atom. The van der Waals surface area contributed by atoms with Gasteiger partial charge in [-0.2, -0.15) is 0 Å². The van der Waals surface area contributed by atoms with Gasteiger partial charge in [-0.05, 0) is 36.2 Å². The normalized spacial score (nSPS) is 14.3.